The number of amides is 2. The molecule has 2 amide bonds. The molecule has 0 saturated carbocycles. The van der Waals surface area contributed by atoms with E-state index in [0.29, 0.717) is 11.6 Å². The minimum atomic E-state index is -0.367. The molecule has 5 nitrogen and oxygen atoms in total. The third-order valence-corrected chi connectivity index (χ3v) is 3.45. The number of rotatable bonds is 3. The van der Waals surface area contributed by atoms with Gasteiger partial charge in [-0.05, 0) is 24.3 Å². The summed E-state index contributed by atoms with van der Waals surface area (Å²) >= 11 is 5.81. The standard InChI is InChI=1S/C13H15ClN2O3/c1-15(19-2)13(18)9-7-12(17)16(8-9)11-5-3-10(14)4-6-11/h3-6,9H,7-8H2,1-2H3/t9-/m0/s1. The summed E-state index contributed by atoms with van der Waals surface area (Å²) in [6.07, 6.45) is 0.204. The van der Waals surface area contributed by atoms with E-state index >= 15 is 0 Å². The van der Waals surface area contributed by atoms with E-state index in [2.05, 4.69) is 0 Å². The van der Waals surface area contributed by atoms with Crippen molar-refractivity contribution in [2.45, 2.75) is 6.42 Å². The van der Waals surface area contributed by atoms with E-state index in [0.717, 1.165) is 10.8 Å². The molecule has 6 heteroatoms. The zero-order valence-electron chi connectivity index (χ0n) is 10.8. The predicted molar refractivity (Wildman–Crippen MR) is 71.7 cm³/mol. The van der Waals surface area contributed by atoms with Crippen molar-refractivity contribution < 1.29 is 14.4 Å². The molecule has 0 unspecified atom stereocenters. The second-order valence-corrected chi connectivity index (χ2v) is 4.84. The van der Waals surface area contributed by atoms with Crippen LogP contribution in [-0.2, 0) is 14.4 Å². The van der Waals surface area contributed by atoms with Gasteiger partial charge in [0.15, 0.2) is 0 Å². The fourth-order valence-corrected chi connectivity index (χ4v) is 2.22. The van der Waals surface area contributed by atoms with Gasteiger partial charge in [-0.3, -0.25) is 14.4 Å². The van der Waals surface area contributed by atoms with E-state index in [1.165, 1.54) is 14.2 Å². The highest BCUT2D eigenvalue weighted by molar-refractivity contribution is 6.30. The molecule has 19 heavy (non-hydrogen) atoms. The molecule has 1 aliphatic rings. The molecule has 0 aromatic heterocycles. The highest BCUT2D eigenvalue weighted by Gasteiger charge is 2.36. The molecule has 1 saturated heterocycles. The Morgan fingerprint density at radius 2 is 2.05 bits per heavy atom. The van der Waals surface area contributed by atoms with Crippen LogP contribution in [0.1, 0.15) is 6.42 Å². The lowest BCUT2D eigenvalue weighted by Crippen LogP contribution is -2.34. The van der Waals surface area contributed by atoms with Crippen molar-refractivity contribution in [2.24, 2.45) is 5.92 Å². The Hall–Kier alpha value is -1.59. The van der Waals surface area contributed by atoms with Crippen LogP contribution in [0.5, 0.6) is 0 Å². The molecule has 1 aliphatic heterocycles. The molecule has 0 N–H and O–H groups in total. The van der Waals surface area contributed by atoms with Crippen molar-refractivity contribution in [2.75, 3.05) is 25.6 Å². The predicted octanol–water partition coefficient (Wildman–Crippen LogP) is 1.71. The third kappa shape index (κ3) is 2.88. The second-order valence-electron chi connectivity index (χ2n) is 4.40. The van der Waals surface area contributed by atoms with E-state index in [1.54, 1.807) is 29.2 Å². The van der Waals surface area contributed by atoms with Crippen molar-refractivity contribution in [1.82, 2.24) is 5.06 Å². The van der Waals surface area contributed by atoms with Crippen molar-refractivity contribution in [3.05, 3.63) is 29.3 Å². The fourth-order valence-electron chi connectivity index (χ4n) is 2.09. The minimum absolute atomic E-state index is 0.0647. The van der Waals surface area contributed by atoms with Crippen LogP contribution in [0.3, 0.4) is 0 Å². The number of nitrogens with zero attached hydrogens (tertiary/aromatic N) is 2. The summed E-state index contributed by atoms with van der Waals surface area (Å²) in [6.45, 7) is 0.368. The Balaban J connectivity index is 2.11. The maximum absolute atomic E-state index is 12.0. The number of carbonyl (C=O) groups excluding carboxylic acids is 2. The summed E-state index contributed by atoms with van der Waals surface area (Å²) in [5.74, 6) is -0.620. The zero-order chi connectivity index (χ0) is 14.0. The first-order valence-corrected chi connectivity index (χ1v) is 6.28. The van der Waals surface area contributed by atoms with Gasteiger partial charge in [0.1, 0.15) is 0 Å². The number of halogens is 1. The van der Waals surface area contributed by atoms with Crippen molar-refractivity contribution in [3.63, 3.8) is 0 Å². The van der Waals surface area contributed by atoms with Gasteiger partial charge in [0.25, 0.3) is 5.91 Å². The van der Waals surface area contributed by atoms with Crippen LogP contribution < -0.4 is 4.90 Å². The Morgan fingerprint density at radius 3 is 2.63 bits per heavy atom. The molecule has 102 valence electrons. The normalized spacial score (nSPS) is 18.8. The molecule has 2 rings (SSSR count). The van der Waals surface area contributed by atoms with Crippen molar-refractivity contribution in [3.8, 4) is 0 Å². The molecule has 1 fully saturated rings. The van der Waals surface area contributed by atoms with E-state index in [4.69, 9.17) is 16.4 Å². The van der Waals surface area contributed by atoms with E-state index in [9.17, 15) is 9.59 Å². The lowest BCUT2D eigenvalue weighted by molar-refractivity contribution is -0.172. The largest absolute Gasteiger partial charge is 0.312 e. The van der Waals surface area contributed by atoms with Gasteiger partial charge in [0.2, 0.25) is 5.91 Å². The second kappa shape index (κ2) is 5.59. The SMILES string of the molecule is CON(C)C(=O)[C@H]1CC(=O)N(c2ccc(Cl)cc2)C1. The van der Waals surface area contributed by atoms with Gasteiger partial charge >= 0.3 is 0 Å². The van der Waals surface area contributed by atoms with Gasteiger partial charge in [-0.1, -0.05) is 11.6 Å². The number of benzene rings is 1. The molecule has 0 aliphatic carbocycles. The Bertz CT molecular complexity index is 489. The fraction of sp³-hybridized carbons (Fsp3) is 0.385. The first kappa shape index (κ1) is 13.8. The quantitative estimate of drug-likeness (QED) is 0.793. The highest BCUT2D eigenvalue weighted by atomic mass is 35.5. The van der Waals surface area contributed by atoms with Gasteiger partial charge in [0, 0.05) is 30.7 Å². The molecule has 0 bridgehead atoms. The number of anilines is 1. The van der Waals surface area contributed by atoms with Gasteiger partial charge in [-0.2, -0.15) is 0 Å². The molecule has 1 heterocycles. The summed E-state index contributed by atoms with van der Waals surface area (Å²) in [6, 6.07) is 6.99. The van der Waals surface area contributed by atoms with Crippen LogP contribution in [0, 0.1) is 5.92 Å². The van der Waals surface area contributed by atoms with Crippen LogP contribution in [0.2, 0.25) is 5.02 Å². The maximum Gasteiger partial charge on any atom is 0.251 e. The van der Waals surface area contributed by atoms with Crippen LogP contribution in [-0.4, -0.2) is 37.6 Å². The van der Waals surface area contributed by atoms with Crippen LogP contribution >= 0.6 is 11.6 Å². The molecular formula is C13H15ClN2O3. The summed E-state index contributed by atoms with van der Waals surface area (Å²) in [5.41, 5.74) is 0.754. The van der Waals surface area contributed by atoms with E-state index in [1.807, 2.05) is 0 Å². The molecule has 1 atom stereocenters. The lowest BCUT2D eigenvalue weighted by Gasteiger charge is -2.19. The van der Waals surface area contributed by atoms with Crippen LogP contribution in [0.15, 0.2) is 24.3 Å². The number of hydrogen-bond donors (Lipinski definition) is 0. The Labute approximate surface area is 116 Å². The number of carbonyl (C=O) groups is 2. The Morgan fingerprint density at radius 1 is 1.42 bits per heavy atom. The van der Waals surface area contributed by atoms with Crippen LogP contribution in [0.25, 0.3) is 0 Å². The summed E-state index contributed by atoms with van der Waals surface area (Å²) < 4.78 is 0. The average molecular weight is 283 g/mol. The summed E-state index contributed by atoms with van der Waals surface area (Å²) in [7, 11) is 2.96. The Kier molecular flexibility index (Phi) is 4.07. The third-order valence-electron chi connectivity index (χ3n) is 3.20. The first-order chi connectivity index (χ1) is 9.02. The topological polar surface area (TPSA) is 49.9 Å². The van der Waals surface area contributed by atoms with Gasteiger partial charge in [-0.25, -0.2) is 5.06 Å². The minimum Gasteiger partial charge on any atom is -0.312 e. The summed E-state index contributed by atoms with van der Waals surface area (Å²) in [4.78, 5) is 30.4. The average Bonchev–Trinajstić information content (AvgIpc) is 2.80. The van der Waals surface area contributed by atoms with Gasteiger partial charge in [0.05, 0.1) is 13.0 Å². The summed E-state index contributed by atoms with van der Waals surface area (Å²) in [5, 5.41) is 1.77. The molecule has 0 radical (unpaired) electrons. The first-order valence-electron chi connectivity index (χ1n) is 5.90. The lowest BCUT2D eigenvalue weighted by atomic mass is 10.1. The van der Waals surface area contributed by atoms with Gasteiger partial charge in [-0.15, -0.1) is 0 Å². The molecule has 0 spiro atoms. The smallest absolute Gasteiger partial charge is 0.251 e. The number of hydrogen-bond acceptors (Lipinski definition) is 3. The monoisotopic (exact) mass is 282 g/mol. The number of hydroxylamine groups is 2. The van der Waals surface area contributed by atoms with Crippen molar-refractivity contribution >= 4 is 29.1 Å². The molecular weight excluding hydrogens is 268 g/mol. The zero-order valence-corrected chi connectivity index (χ0v) is 11.6. The molecule has 1 aromatic rings. The van der Waals surface area contributed by atoms with Crippen molar-refractivity contribution in [1.29, 1.82) is 0 Å². The van der Waals surface area contributed by atoms with Gasteiger partial charge < -0.3 is 4.90 Å². The highest BCUT2D eigenvalue weighted by Crippen LogP contribution is 2.27. The molecule has 1 aromatic carbocycles. The van der Waals surface area contributed by atoms with Crippen LogP contribution in [0.4, 0.5) is 5.69 Å². The van der Waals surface area contributed by atoms with E-state index in [-0.39, 0.29) is 24.2 Å². The van der Waals surface area contributed by atoms with E-state index < -0.39 is 0 Å². The maximum atomic E-state index is 12.0.